The van der Waals surface area contributed by atoms with Gasteiger partial charge in [-0.05, 0) is 29.7 Å². The Balaban J connectivity index is 1.98. The van der Waals surface area contributed by atoms with E-state index >= 15 is 0 Å². The van der Waals surface area contributed by atoms with Crippen LogP contribution in [0, 0.1) is 0 Å². The lowest BCUT2D eigenvalue weighted by atomic mass is 10.0. The Morgan fingerprint density at radius 3 is 2.84 bits per heavy atom. The van der Waals surface area contributed by atoms with Gasteiger partial charge in [0.1, 0.15) is 6.04 Å². The first-order valence-corrected chi connectivity index (χ1v) is 8.42. The van der Waals surface area contributed by atoms with Crippen molar-refractivity contribution in [3.05, 3.63) is 45.8 Å². The number of aromatic nitrogens is 2. The Labute approximate surface area is 154 Å². The first kappa shape index (κ1) is 17.6. The summed E-state index contributed by atoms with van der Waals surface area (Å²) in [6.07, 6.45) is 1.89. The molecule has 130 valence electrons. The minimum atomic E-state index is -0.606. The van der Waals surface area contributed by atoms with Gasteiger partial charge in [0.15, 0.2) is 0 Å². The fraction of sp³-hybridized carbons (Fsp3) is 0.294. The van der Waals surface area contributed by atoms with E-state index in [9.17, 15) is 9.59 Å². The standard InChI is InChI=1S/C17H15Cl2N3O3/c1-3-13(16(24)25-2)22-8-10-5-4-9(6-11(10)15(22)23)14-12(18)7-20-17(19)21-14/h4-7,13H,3,8H2,1-2H3. The molecule has 1 aromatic carbocycles. The second-order valence-corrected chi connectivity index (χ2v) is 6.33. The van der Waals surface area contributed by atoms with Crippen molar-refractivity contribution >= 4 is 35.1 Å². The van der Waals surface area contributed by atoms with Gasteiger partial charge in [-0.2, -0.15) is 0 Å². The van der Waals surface area contributed by atoms with Gasteiger partial charge < -0.3 is 9.64 Å². The van der Waals surface area contributed by atoms with E-state index in [0.29, 0.717) is 34.8 Å². The molecular formula is C17H15Cl2N3O3. The van der Waals surface area contributed by atoms with E-state index in [1.54, 1.807) is 6.07 Å². The number of hydrogen-bond acceptors (Lipinski definition) is 5. The van der Waals surface area contributed by atoms with E-state index in [4.69, 9.17) is 27.9 Å². The molecular weight excluding hydrogens is 365 g/mol. The number of benzene rings is 1. The van der Waals surface area contributed by atoms with Crippen molar-refractivity contribution < 1.29 is 14.3 Å². The molecule has 2 aromatic rings. The van der Waals surface area contributed by atoms with E-state index in [1.165, 1.54) is 18.2 Å². The first-order chi connectivity index (χ1) is 12.0. The van der Waals surface area contributed by atoms with Crippen LogP contribution < -0.4 is 0 Å². The fourth-order valence-electron chi connectivity index (χ4n) is 2.92. The Morgan fingerprint density at radius 1 is 1.40 bits per heavy atom. The molecule has 1 aliphatic heterocycles. The van der Waals surface area contributed by atoms with Crippen LogP contribution >= 0.6 is 23.2 Å². The maximum absolute atomic E-state index is 12.8. The summed E-state index contributed by atoms with van der Waals surface area (Å²) in [5.41, 5.74) is 2.48. The second kappa shape index (κ2) is 6.98. The number of halogens is 2. The third-order valence-corrected chi connectivity index (χ3v) is 4.62. The highest BCUT2D eigenvalue weighted by atomic mass is 35.5. The van der Waals surface area contributed by atoms with E-state index in [2.05, 4.69) is 9.97 Å². The zero-order valence-electron chi connectivity index (χ0n) is 13.6. The topological polar surface area (TPSA) is 72.4 Å². The molecule has 0 bridgehead atoms. The van der Waals surface area contributed by atoms with Gasteiger partial charge in [0, 0.05) is 17.7 Å². The summed E-state index contributed by atoms with van der Waals surface area (Å²) in [5.74, 6) is -0.639. The van der Waals surface area contributed by atoms with Gasteiger partial charge in [-0.3, -0.25) is 4.79 Å². The SMILES string of the molecule is CCC(C(=O)OC)N1Cc2ccc(-c3nc(Cl)ncc3Cl)cc2C1=O. The lowest BCUT2D eigenvalue weighted by Crippen LogP contribution is -2.41. The number of rotatable bonds is 4. The Kier molecular flexibility index (Phi) is 4.92. The molecule has 3 rings (SSSR count). The third-order valence-electron chi connectivity index (χ3n) is 4.17. The van der Waals surface area contributed by atoms with E-state index in [-0.39, 0.29) is 11.2 Å². The molecule has 1 unspecified atom stereocenters. The minimum absolute atomic E-state index is 0.0737. The summed E-state index contributed by atoms with van der Waals surface area (Å²) < 4.78 is 4.80. The average Bonchev–Trinajstić information content (AvgIpc) is 2.94. The highest BCUT2D eigenvalue weighted by Crippen LogP contribution is 2.32. The maximum atomic E-state index is 12.8. The number of hydrogen-bond donors (Lipinski definition) is 0. The summed E-state index contributed by atoms with van der Waals surface area (Å²) in [5, 5.41) is 0.414. The number of fused-ring (bicyclic) bond motifs is 1. The zero-order valence-corrected chi connectivity index (χ0v) is 15.1. The number of carbonyl (C=O) groups excluding carboxylic acids is 2. The van der Waals surface area contributed by atoms with Gasteiger partial charge in [0.2, 0.25) is 5.28 Å². The Hall–Kier alpha value is -2.18. The van der Waals surface area contributed by atoms with Crippen LogP contribution in [0.25, 0.3) is 11.3 Å². The molecule has 25 heavy (non-hydrogen) atoms. The lowest BCUT2D eigenvalue weighted by Gasteiger charge is -2.24. The van der Waals surface area contributed by atoms with Crippen LogP contribution in [-0.4, -0.2) is 39.9 Å². The van der Waals surface area contributed by atoms with Crippen molar-refractivity contribution in [1.29, 1.82) is 0 Å². The average molecular weight is 380 g/mol. The fourth-order valence-corrected chi connectivity index (χ4v) is 3.25. The van der Waals surface area contributed by atoms with E-state index in [1.807, 2.05) is 19.1 Å². The highest BCUT2D eigenvalue weighted by Gasteiger charge is 2.36. The van der Waals surface area contributed by atoms with Gasteiger partial charge in [-0.15, -0.1) is 0 Å². The Bertz CT molecular complexity index is 857. The van der Waals surface area contributed by atoms with Crippen molar-refractivity contribution in [3.63, 3.8) is 0 Å². The molecule has 6 nitrogen and oxygen atoms in total. The third kappa shape index (κ3) is 3.19. The molecule has 2 heterocycles. The van der Waals surface area contributed by atoms with Crippen LogP contribution in [0.15, 0.2) is 24.4 Å². The summed E-state index contributed by atoms with van der Waals surface area (Å²) in [6, 6.07) is 4.76. The van der Waals surface area contributed by atoms with Crippen molar-refractivity contribution in [2.45, 2.75) is 25.9 Å². The summed E-state index contributed by atoms with van der Waals surface area (Å²) in [7, 11) is 1.32. The van der Waals surface area contributed by atoms with Crippen LogP contribution in [0.5, 0.6) is 0 Å². The van der Waals surface area contributed by atoms with E-state index < -0.39 is 12.0 Å². The maximum Gasteiger partial charge on any atom is 0.328 e. The highest BCUT2D eigenvalue weighted by molar-refractivity contribution is 6.33. The van der Waals surface area contributed by atoms with Gasteiger partial charge in [-0.25, -0.2) is 14.8 Å². The van der Waals surface area contributed by atoms with Crippen LogP contribution in [0.2, 0.25) is 10.3 Å². The summed E-state index contributed by atoms with van der Waals surface area (Å²) in [4.78, 5) is 34.2. The number of methoxy groups -OCH3 is 1. The molecule has 0 saturated carbocycles. The van der Waals surface area contributed by atoms with E-state index in [0.717, 1.165) is 5.56 Å². The number of esters is 1. The molecule has 0 spiro atoms. The van der Waals surface area contributed by atoms with Crippen LogP contribution in [0.3, 0.4) is 0 Å². The molecule has 0 fully saturated rings. The lowest BCUT2D eigenvalue weighted by molar-refractivity contribution is -0.146. The molecule has 0 N–H and O–H groups in total. The summed E-state index contributed by atoms with van der Waals surface area (Å²) in [6.45, 7) is 2.20. The van der Waals surface area contributed by atoms with Crippen LogP contribution in [0.1, 0.15) is 29.3 Å². The minimum Gasteiger partial charge on any atom is -0.467 e. The van der Waals surface area contributed by atoms with Gasteiger partial charge in [0.05, 0.1) is 24.0 Å². The molecule has 1 aliphatic rings. The van der Waals surface area contributed by atoms with Gasteiger partial charge in [-0.1, -0.05) is 30.7 Å². The van der Waals surface area contributed by atoms with Gasteiger partial charge >= 0.3 is 5.97 Å². The molecule has 0 radical (unpaired) electrons. The van der Waals surface area contributed by atoms with Crippen LogP contribution in [-0.2, 0) is 16.1 Å². The monoisotopic (exact) mass is 379 g/mol. The van der Waals surface area contributed by atoms with Crippen molar-refractivity contribution in [3.8, 4) is 11.3 Å². The smallest absolute Gasteiger partial charge is 0.328 e. The molecule has 0 saturated heterocycles. The van der Waals surface area contributed by atoms with Crippen molar-refractivity contribution in [1.82, 2.24) is 14.9 Å². The van der Waals surface area contributed by atoms with Crippen LogP contribution in [0.4, 0.5) is 0 Å². The summed E-state index contributed by atoms with van der Waals surface area (Å²) >= 11 is 12.0. The molecule has 1 amide bonds. The predicted octanol–water partition coefficient (Wildman–Crippen LogP) is 3.36. The first-order valence-electron chi connectivity index (χ1n) is 7.66. The number of amides is 1. The number of ether oxygens (including phenoxy) is 1. The van der Waals surface area contributed by atoms with Crippen molar-refractivity contribution in [2.24, 2.45) is 0 Å². The normalized spacial score (nSPS) is 14.4. The molecule has 0 aliphatic carbocycles. The quantitative estimate of drug-likeness (QED) is 0.601. The molecule has 1 atom stereocenters. The number of nitrogens with zero attached hydrogens (tertiary/aromatic N) is 3. The largest absolute Gasteiger partial charge is 0.467 e. The predicted molar refractivity (Wildman–Crippen MR) is 93.5 cm³/mol. The van der Waals surface area contributed by atoms with Crippen molar-refractivity contribution in [2.75, 3.05) is 7.11 Å². The Morgan fingerprint density at radius 2 is 2.16 bits per heavy atom. The molecule has 1 aromatic heterocycles. The second-order valence-electron chi connectivity index (χ2n) is 5.59. The van der Waals surface area contributed by atoms with Gasteiger partial charge in [0.25, 0.3) is 5.91 Å². The zero-order chi connectivity index (χ0) is 18.1. The number of carbonyl (C=O) groups is 2. The molecule has 8 heteroatoms.